The van der Waals surface area contributed by atoms with E-state index in [1.165, 1.54) is 5.56 Å². The summed E-state index contributed by atoms with van der Waals surface area (Å²) >= 11 is 0. The van der Waals surface area contributed by atoms with Gasteiger partial charge in [0.25, 0.3) is 0 Å². The molecule has 0 spiro atoms. The van der Waals surface area contributed by atoms with Crippen molar-refractivity contribution in [2.45, 2.75) is 45.2 Å². The zero-order valence-corrected chi connectivity index (χ0v) is 13.1. The quantitative estimate of drug-likeness (QED) is 0.889. The van der Waals surface area contributed by atoms with E-state index in [1.807, 2.05) is 12.1 Å². The highest BCUT2D eigenvalue weighted by Crippen LogP contribution is 2.24. The lowest BCUT2D eigenvalue weighted by molar-refractivity contribution is 0.175. The van der Waals surface area contributed by atoms with Gasteiger partial charge in [-0.25, -0.2) is 4.98 Å². The fourth-order valence-corrected chi connectivity index (χ4v) is 3.01. The van der Waals surface area contributed by atoms with Gasteiger partial charge in [-0.3, -0.25) is 0 Å². The van der Waals surface area contributed by atoms with Gasteiger partial charge in [-0.15, -0.1) is 0 Å². The molecule has 2 N–H and O–H groups in total. The molecule has 0 atom stereocenters. The Hall–Kier alpha value is -1.65. The van der Waals surface area contributed by atoms with Gasteiger partial charge in [-0.05, 0) is 50.7 Å². The van der Waals surface area contributed by atoms with E-state index in [-0.39, 0.29) is 0 Å². The number of aliphatic hydroxyl groups excluding tert-OH is 1. The number of nitrogens with zero attached hydrogens (tertiary/aromatic N) is 1. The molecule has 0 saturated heterocycles. The Morgan fingerprint density at radius 3 is 2.59 bits per heavy atom. The molecule has 1 saturated carbocycles. The van der Waals surface area contributed by atoms with Crippen molar-refractivity contribution in [2.24, 2.45) is 5.92 Å². The van der Waals surface area contributed by atoms with Crippen LogP contribution in [0.3, 0.4) is 0 Å². The molecule has 0 aliphatic heterocycles. The van der Waals surface area contributed by atoms with Crippen LogP contribution in [0.1, 0.15) is 36.9 Å². The number of rotatable bonds is 5. The second-order valence-electron chi connectivity index (χ2n) is 6.29. The van der Waals surface area contributed by atoms with Gasteiger partial charge in [0.1, 0.15) is 6.26 Å². The molecule has 1 aliphatic carbocycles. The second kappa shape index (κ2) is 7.07. The summed E-state index contributed by atoms with van der Waals surface area (Å²) in [5.74, 6) is 1.18. The van der Waals surface area contributed by atoms with Crippen LogP contribution in [0.2, 0.25) is 0 Å². The minimum Gasteiger partial charge on any atom is -0.444 e. The molecule has 0 radical (unpaired) electrons. The normalized spacial score (nSPS) is 21.9. The van der Waals surface area contributed by atoms with Crippen molar-refractivity contribution in [3.05, 3.63) is 41.8 Å². The first kappa shape index (κ1) is 15.3. The van der Waals surface area contributed by atoms with Gasteiger partial charge in [0.05, 0.1) is 5.69 Å². The zero-order valence-electron chi connectivity index (χ0n) is 13.1. The first-order chi connectivity index (χ1) is 10.7. The zero-order chi connectivity index (χ0) is 15.4. The third-order valence-electron chi connectivity index (χ3n) is 4.53. The molecular weight excluding hydrogens is 276 g/mol. The molecule has 22 heavy (non-hydrogen) atoms. The largest absolute Gasteiger partial charge is 0.444 e. The number of benzene rings is 1. The maximum atomic E-state index is 9.17. The van der Waals surface area contributed by atoms with Crippen molar-refractivity contribution in [1.82, 2.24) is 10.3 Å². The van der Waals surface area contributed by atoms with Gasteiger partial charge in [0, 0.05) is 24.8 Å². The van der Waals surface area contributed by atoms with Crippen LogP contribution in [0.25, 0.3) is 11.5 Å². The molecule has 0 bridgehead atoms. The Bertz CT molecular complexity index is 583. The van der Waals surface area contributed by atoms with Crippen LogP contribution in [-0.4, -0.2) is 22.7 Å². The summed E-state index contributed by atoms with van der Waals surface area (Å²) in [6, 6.07) is 8.74. The maximum absolute atomic E-state index is 9.17. The third kappa shape index (κ3) is 3.76. The van der Waals surface area contributed by atoms with Crippen LogP contribution in [0.15, 0.2) is 34.9 Å². The van der Waals surface area contributed by atoms with Crippen LogP contribution < -0.4 is 5.32 Å². The van der Waals surface area contributed by atoms with Crippen LogP contribution >= 0.6 is 0 Å². The molecular formula is C18H24N2O2. The minimum atomic E-state index is 0.329. The van der Waals surface area contributed by atoms with E-state index in [0.29, 0.717) is 24.5 Å². The number of aryl methyl sites for hydroxylation is 1. The Labute approximate surface area is 131 Å². The van der Waals surface area contributed by atoms with Crippen LogP contribution in [-0.2, 0) is 6.54 Å². The molecule has 1 fully saturated rings. The Morgan fingerprint density at radius 1 is 1.18 bits per heavy atom. The molecule has 1 aromatic heterocycles. The summed E-state index contributed by atoms with van der Waals surface area (Å²) < 4.78 is 5.58. The van der Waals surface area contributed by atoms with Crippen LogP contribution in [0.5, 0.6) is 0 Å². The second-order valence-corrected chi connectivity index (χ2v) is 6.29. The molecule has 4 heteroatoms. The number of nitrogens with one attached hydrogen (secondary N) is 1. The van der Waals surface area contributed by atoms with Gasteiger partial charge in [-0.1, -0.05) is 17.7 Å². The van der Waals surface area contributed by atoms with E-state index in [9.17, 15) is 5.11 Å². The smallest absolute Gasteiger partial charge is 0.226 e. The number of hydrogen-bond donors (Lipinski definition) is 2. The highest BCUT2D eigenvalue weighted by molar-refractivity contribution is 5.53. The van der Waals surface area contributed by atoms with Crippen LogP contribution in [0.4, 0.5) is 0 Å². The fraction of sp³-hybridized carbons (Fsp3) is 0.500. The third-order valence-corrected chi connectivity index (χ3v) is 4.53. The standard InChI is InChI=1S/C18H24N2O2/c1-13-2-6-15(7-3-13)18-20-17(12-22-18)10-19-16-8-4-14(11-21)5-9-16/h2-3,6-7,12,14,16,19,21H,4-5,8-11H2,1H3. The predicted octanol–water partition coefficient (Wildman–Crippen LogP) is 3.29. The Balaban J connectivity index is 1.53. The first-order valence-corrected chi connectivity index (χ1v) is 8.10. The lowest BCUT2D eigenvalue weighted by Crippen LogP contribution is -2.33. The van der Waals surface area contributed by atoms with E-state index < -0.39 is 0 Å². The fourth-order valence-electron chi connectivity index (χ4n) is 3.01. The summed E-state index contributed by atoms with van der Waals surface area (Å²) in [4.78, 5) is 4.56. The molecule has 3 rings (SSSR count). The Kier molecular flexibility index (Phi) is 4.90. The SMILES string of the molecule is Cc1ccc(-c2nc(CNC3CCC(CO)CC3)co2)cc1. The molecule has 118 valence electrons. The summed E-state index contributed by atoms with van der Waals surface area (Å²) in [5.41, 5.74) is 3.19. The molecule has 1 aliphatic rings. The number of hydrogen-bond acceptors (Lipinski definition) is 4. The van der Waals surface area contributed by atoms with Crippen molar-refractivity contribution in [2.75, 3.05) is 6.61 Å². The minimum absolute atomic E-state index is 0.329. The highest BCUT2D eigenvalue weighted by atomic mass is 16.3. The topological polar surface area (TPSA) is 58.3 Å². The number of aliphatic hydroxyl groups is 1. The van der Waals surface area contributed by atoms with Gasteiger partial charge >= 0.3 is 0 Å². The highest BCUT2D eigenvalue weighted by Gasteiger charge is 2.20. The molecule has 2 aromatic rings. The maximum Gasteiger partial charge on any atom is 0.226 e. The predicted molar refractivity (Wildman–Crippen MR) is 86.3 cm³/mol. The summed E-state index contributed by atoms with van der Waals surface area (Å²) in [6.45, 7) is 3.14. The van der Waals surface area contributed by atoms with E-state index in [1.54, 1.807) is 6.26 Å². The number of oxazole rings is 1. The van der Waals surface area contributed by atoms with Crippen molar-refractivity contribution in [3.8, 4) is 11.5 Å². The first-order valence-electron chi connectivity index (χ1n) is 8.10. The van der Waals surface area contributed by atoms with E-state index in [2.05, 4.69) is 29.4 Å². The average molecular weight is 300 g/mol. The lowest BCUT2D eigenvalue weighted by Gasteiger charge is -2.27. The van der Waals surface area contributed by atoms with Crippen molar-refractivity contribution in [3.63, 3.8) is 0 Å². The number of aromatic nitrogens is 1. The molecule has 1 heterocycles. The van der Waals surface area contributed by atoms with E-state index >= 15 is 0 Å². The van der Waals surface area contributed by atoms with Crippen molar-refractivity contribution < 1.29 is 9.52 Å². The average Bonchev–Trinajstić information content (AvgIpc) is 3.03. The lowest BCUT2D eigenvalue weighted by atomic mass is 9.86. The van der Waals surface area contributed by atoms with Gasteiger partial charge < -0.3 is 14.8 Å². The van der Waals surface area contributed by atoms with Gasteiger partial charge in [-0.2, -0.15) is 0 Å². The summed E-state index contributed by atoms with van der Waals surface area (Å²) in [5, 5.41) is 12.7. The van der Waals surface area contributed by atoms with Crippen molar-refractivity contribution in [1.29, 1.82) is 0 Å². The van der Waals surface area contributed by atoms with Gasteiger partial charge in [0.2, 0.25) is 5.89 Å². The molecule has 4 nitrogen and oxygen atoms in total. The molecule has 0 amide bonds. The molecule has 0 unspecified atom stereocenters. The summed E-state index contributed by atoms with van der Waals surface area (Å²) in [7, 11) is 0. The van der Waals surface area contributed by atoms with Gasteiger partial charge in [0.15, 0.2) is 0 Å². The van der Waals surface area contributed by atoms with Crippen LogP contribution in [0, 0.1) is 12.8 Å². The van der Waals surface area contributed by atoms with E-state index in [0.717, 1.165) is 43.5 Å². The monoisotopic (exact) mass is 300 g/mol. The molecule has 1 aromatic carbocycles. The van der Waals surface area contributed by atoms with E-state index in [4.69, 9.17) is 4.42 Å². The van der Waals surface area contributed by atoms with Crippen molar-refractivity contribution >= 4 is 0 Å². The summed E-state index contributed by atoms with van der Waals surface area (Å²) in [6.07, 6.45) is 6.23. The Morgan fingerprint density at radius 2 is 1.91 bits per heavy atom.